The first kappa shape index (κ1) is 6.65. The summed E-state index contributed by atoms with van der Waals surface area (Å²) < 4.78 is 5.10. The van der Waals surface area contributed by atoms with Crippen LogP contribution in [0.15, 0.2) is 24.3 Å². The fourth-order valence-electron chi connectivity index (χ4n) is 1.51. The third kappa shape index (κ3) is 1.20. The molecule has 58 valence electrons. The number of carbonyl (C=O) groups is 1. The van der Waals surface area contributed by atoms with Crippen LogP contribution in [0.2, 0.25) is 0 Å². The normalized spacial score (nSPS) is 29.8. The van der Waals surface area contributed by atoms with Crippen molar-refractivity contribution in [3.63, 3.8) is 0 Å². The van der Waals surface area contributed by atoms with E-state index in [1.165, 1.54) is 0 Å². The van der Waals surface area contributed by atoms with Crippen LogP contribution in [0, 0.1) is 5.92 Å². The number of ether oxygens (including phenoxy) is 1. The lowest BCUT2D eigenvalue weighted by atomic mass is 10.0. The zero-order chi connectivity index (χ0) is 7.68. The lowest BCUT2D eigenvalue weighted by Gasteiger charge is -2.12. The van der Waals surface area contributed by atoms with Gasteiger partial charge in [-0.05, 0) is 6.42 Å². The molecular formula is C9H10O2. The molecule has 2 rings (SSSR count). The van der Waals surface area contributed by atoms with Crippen LogP contribution in [0.3, 0.4) is 0 Å². The van der Waals surface area contributed by atoms with Crippen molar-refractivity contribution >= 4 is 5.97 Å². The fourth-order valence-corrected chi connectivity index (χ4v) is 1.51. The summed E-state index contributed by atoms with van der Waals surface area (Å²) in [6, 6.07) is 0. The van der Waals surface area contributed by atoms with Crippen LogP contribution < -0.4 is 0 Å². The smallest absolute Gasteiger partial charge is 0.306 e. The van der Waals surface area contributed by atoms with Gasteiger partial charge >= 0.3 is 5.97 Å². The summed E-state index contributed by atoms with van der Waals surface area (Å²) in [5.74, 6) is 0.283. The minimum absolute atomic E-state index is 0.0521. The van der Waals surface area contributed by atoms with Crippen molar-refractivity contribution in [2.24, 2.45) is 5.92 Å². The van der Waals surface area contributed by atoms with Crippen LogP contribution >= 0.6 is 0 Å². The van der Waals surface area contributed by atoms with E-state index in [1.54, 1.807) is 0 Å². The van der Waals surface area contributed by atoms with Gasteiger partial charge in [-0.25, -0.2) is 0 Å². The molecule has 1 saturated heterocycles. The van der Waals surface area contributed by atoms with Gasteiger partial charge in [0.1, 0.15) is 6.10 Å². The molecule has 2 heteroatoms. The maximum Gasteiger partial charge on any atom is 0.306 e. The predicted octanol–water partition coefficient (Wildman–Crippen LogP) is 1.43. The largest absolute Gasteiger partial charge is 0.461 e. The lowest BCUT2D eigenvalue weighted by Crippen LogP contribution is -2.15. The van der Waals surface area contributed by atoms with Crippen LogP contribution in [0.25, 0.3) is 0 Å². The van der Waals surface area contributed by atoms with E-state index in [2.05, 4.69) is 12.2 Å². The number of hydrogen-bond acceptors (Lipinski definition) is 2. The van der Waals surface area contributed by atoms with Gasteiger partial charge < -0.3 is 4.74 Å². The topological polar surface area (TPSA) is 26.3 Å². The van der Waals surface area contributed by atoms with Gasteiger partial charge in [0.25, 0.3) is 0 Å². The van der Waals surface area contributed by atoms with Crippen molar-refractivity contribution in [1.29, 1.82) is 0 Å². The maximum atomic E-state index is 10.7. The van der Waals surface area contributed by atoms with Gasteiger partial charge in [-0.1, -0.05) is 24.3 Å². The van der Waals surface area contributed by atoms with E-state index in [1.807, 2.05) is 12.2 Å². The molecule has 1 aliphatic heterocycles. The Balaban J connectivity index is 2.01. The molecule has 1 fully saturated rings. The average Bonchev–Trinajstić information content (AvgIpc) is 2.55. The van der Waals surface area contributed by atoms with Gasteiger partial charge in [0.2, 0.25) is 0 Å². The Morgan fingerprint density at radius 3 is 2.64 bits per heavy atom. The Hall–Kier alpha value is -1.05. The summed E-state index contributed by atoms with van der Waals surface area (Å²) in [6.45, 7) is 0. The highest BCUT2D eigenvalue weighted by Gasteiger charge is 2.28. The summed E-state index contributed by atoms with van der Waals surface area (Å²) in [5.41, 5.74) is 0. The number of cyclic esters (lactones) is 1. The van der Waals surface area contributed by atoms with Gasteiger partial charge in [0.05, 0.1) is 0 Å². The minimum atomic E-state index is -0.0521. The SMILES string of the molecule is O=C1CCC(C2C=CC=C2)O1. The molecule has 1 heterocycles. The summed E-state index contributed by atoms with van der Waals surface area (Å²) in [5, 5.41) is 0. The zero-order valence-corrected chi connectivity index (χ0v) is 6.19. The van der Waals surface area contributed by atoms with Crippen molar-refractivity contribution < 1.29 is 9.53 Å². The molecule has 1 unspecified atom stereocenters. The molecule has 0 N–H and O–H groups in total. The third-order valence-electron chi connectivity index (χ3n) is 2.12. The number of hydrogen-bond donors (Lipinski definition) is 0. The highest BCUT2D eigenvalue weighted by molar-refractivity contribution is 5.71. The molecule has 11 heavy (non-hydrogen) atoms. The molecule has 0 spiro atoms. The van der Waals surface area contributed by atoms with Crippen LogP contribution in [-0.2, 0) is 9.53 Å². The maximum absolute atomic E-state index is 10.7. The predicted molar refractivity (Wildman–Crippen MR) is 40.9 cm³/mol. The van der Waals surface area contributed by atoms with Crippen molar-refractivity contribution in [1.82, 2.24) is 0 Å². The van der Waals surface area contributed by atoms with E-state index in [0.29, 0.717) is 12.3 Å². The molecule has 0 aromatic rings. The van der Waals surface area contributed by atoms with E-state index in [9.17, 15) is 4.79 Å². The fraction of sp³-hybridized carbons (Fsp3) is 0.444. The van der Waals surface area contributed by atoms with E-state index in [0.717, 1.165) is 6.42 Å². The number of esters is 1. The molecule has 2 aliphatic rings. The molecule has 0 aromatic carbocycles. The minimum Gasteiger partial charge on any atom is -0.461 e. The van der Waals surface area contributed by atoms with Gasteiger partial charge in [0.15, 0.2) is 0 Å². The van der Waals surface area contributed by atoms with Crippen molar-refractivity contribution in [2.75, 3.05) is 0 Å². The second-order valence-corrected chi connectivity index (χ2v) is 2.91. The average molecular weight is 150 g/mol. The first-order valence-corrected chi connectivity index (χ1v) is 3.91. The van der Waals surface area contributed by atoms with Crippen molar-refractivity contribution in [3.05, 3.63) is 24.3 Å². The van der Waals surface area contributed by atoms with Crippen molar-refractivity contribution in [3.8, 4) is 0 Å². The molecule has 0 aromatic heterocycles. The number of allylic oxidation sites excluding steroid dienone is 2. The summed E-state index contributed by atoms with van der Waals surface area (Å²) >= 11 is 0. The van der Waals surface area contributed by atoms with Gasteiger partial charge in [-0.15, -0.1) is 0 Å². The van der Waals surface area contributed by atoms with Crippen LogP contribution in [0.1, 0.15) is 12.8 Å². The first-order valence-electron chi connectivity index (χ1n) is 3.91. The van der Waals surface area contributed by atoms with Gasteiger partial charge in [0, 0.05) is 12.3 Å². The monoisotopic (exact) mass is 150 g/mol. The molecule has 0 radical (unpaired) electrons. The lowest BCUT2D eigenvalue weighted by molar-refractivity contribution is -0.142. The van der Waals surface area contributed by atoms with E-state index in [4.69, 9.17) is 4.74 Å². The first-order chi connectivity index (χ1) is 5.36. The van der Waals surface area contributed by atoms with E-state index in [-0.39, 0.29) is 12.1 Å². The van der Waals surface area contributed by atoms with Crippen LogP contribution in [-0.4, -0.2) is 12.1 Å². The Morgan fingerprint density at radius 2 is 2.09 bits per heavy atom. The summed E-state index contributed by atoms with van der Waals surface area (Å²) in [4.78, 5) is 10.7. The van der Waals surface area contributed by atoms with Gasteiger partial charge in [-0.3, -0.25) is 4.79 Å². The van der Waals surface area contributed by atoms with E-state index < -0.39 is 0 Å². The quantitative estimate of drug-likeness (QED) is 0.528. The summed E-state index contributed by atoms with van der Waals surface area (Å²) in [7, 11) is 0. The second kappa shape index (κ2) is 2.53. The Kier molecular flexibility index (Phi) is 1.53. The molecule has 1 atom stereocenters. The number of carbonyl (C=O) groups excluding carboxylic acids is 1. The molecule has 0 amide bonds. The van der Waals surface area contributed by atoms with E-state index >= 15 is 0 Å². The summed E-state index contributed by atoms with van der Waals surface area (Å²) in [6.07, 6.45) is 9.71. The molecule has 2 nitrogen and oxygen atoms in total. The Bertz CT molecular complexity index is 216. The Labute approximate surface area is 65.5 Å². The van der Waals surface area contributed by atoms with Crippen LogP contribution in [0.4, 0.5) is 0 Å². The standard InChI is InChI=1S/C9H10O2/c10-9-6-5-8(11-9)7-3-1-2-4-7/h1-4,7-8H,5-6H2. The Morgan fingerprint density at radius 1 is 1.36 bits per heavy atom. The van der Waals surface area contributed by atoms with Crippen LogP contribution in [0.5, 0.6) is 0 Å². The highest BCUT2D eigenvalue weighted by atomic mass is 16.5. The third-order valence-corrected chi connectivity index (χ3v) is 2.12. The molecule has 0 bridgehead atoms. The zero-order valence-electron chi connectivity index (χ0n) is 6.19. The molecule has 1 aliphatic carbocycles. The van der Waals surface area contributed by atoms with Crippen molar-refractivity contribution in [2.45, 2.75) is 18.9 Å². The van der Waals surface area contributed by atoms with Gasteiger partial charge in [-0.2, -0.15) is 0 Å². The second-order valence-electron chi connectivity index (χ2n) is 2.91. The number of rotatable bonds is 1. The molecular weight excluding hydrogens is 140 g/mol. The molecule has 0 saturated carbocycles. The highest BCUT2D eigenvalue weighted by Crippen LogP contribution is 2.25.